The zero-order valence-corrected chi connectivity index (χ0v) is 11.9. The molecule has 0 unspecified atom stereocenters. The van der Waals surface area contributed by atoms with Crippen LogP contribution in [-0.2, 0) is 0 Å². The van der Waals surface area contributed by atoms with Crippen molar-refractivity contribution in [3.63, 3.8) is 0 Å². The van der Waals surface area contributed by atoms with Gasteiger partial charge in [0.15, 0.2) is 0 Å². The Hall–Kier alpha value is -2.86. The first-order chi connectivity index (χ1) is 10.6. The molecule has 0 saturated carbocycles. The minimum Gasteiger partial charge on any atom is -0.494 e. The number of allylic oxidation sites excluding steroid dienone is 2. The lowest BCUT2D eigenvalue weighted by Crippen LogP contribution is -2.30. The fourth-order valence-corrected chi connectivity index (χ4v) is 2.17. The SMILES string of the molecule is O=c1[nH]c(=O)n(-c2ccc(Cl)cc2)c(O)c1/C=C1\C=CC=N1. The van der Waals surface area contributed by atoms with E-state index in [1.807, 2.05) is 0 Å². The van der Waals surface area contributed by atoms with Gasteiger partial charge < -0.3 is 5.11 Å². The van der Waals surface area contributed by atoms with E-state index in [1.54, 1.807) is 42.6 Å². The van der Waals surface area contributed by atoms with Crippen LogP contribution in [0.5, 0.6) is 5.88 Å². The highest BCUT2D eigenvalue weighted by Gasteiger charge is 2.14. The van der Waals surface area contributed by atoms with Crippen LogP contribution in [0.4, 0.5) is 0 Å². The lowest BCUT2D eigenvalue weighted by atomic mass is 10.2. The standard InChI is InChI=1S/C15H10ClN3O3/c16-9-3-5-11(6-4-9)19-14(21)12(13(20)18-15(19)22)8-10-2-1-7-17-10/h1-8,21H,(H,18,20,22)/b10-8+. The van der Waals surface area contributed by atoms with Gasteiger partial charge >= 0.3 is 5.69 Å². The first kappa shape index (κ1) is 14.1. The van der Waals surface area contributed by atoms with E-state index in [4.69, 9.17) is 11.6 Å². The van der Waals surface area contributed by atoms with Gasteiger partial charge in [0.05, 0.1) is 11.4 Å². The van der Waals surface area contributed by atoms with Gasteiger partial charge in [-0.05, 0) is 42.5 Å². The Labute approximate surface area is 129 Å². The Balaban J connectivity index is 2.24. The van der Waals surface area contributed by atoms with E-state index < -0.39 is 17.1 Å². The molecular weight excluding hydrogens is 306 g/mol. The average Bonchev–Trinajstić information content (AvgIpc) is 2.98. The number of benzene rings is 1. The number of hydrogen-bond acceptors (Lipinski definition) is 4. The molecule has 1 aromatic heterocycles. The second-order valence-corrected chi connectivity index (χ2v) is 4.95. The number of hydrogen-bond donors (Lipinski definition) is 2. The summed E-state index contributed by atoms with van der Waals surface area (Å²) in [7, 11) is 0. The zero-order valence-electron chi connectivity index (χ0n) is 11.2. The maximum absolute atomic E-state index is 12.0. The summed E-state index contributed by atoms with van der Waals surface area (Å²) in [5, 5.41) is 10.8. The van der Waals surface area contributed by atoms with Crippen LogP contribution in [0.3, 0.4) is 0 Å². The summed E-state index contributed by atoms with van der Waals surface area (Å²) in [5.41, 5.74) is -0.586. The molecule has 3 rings (SSSR count). The molecule has 0 amide bonds. The van der Waals surface area contributed by atoms with E-state index in [0.717, 1.165) is 4.57 Å². The van der Waals surface area contributed by atoms with Crippen molar-refractivity contribution in [3.05, 3.63) is 73.5 Å². The second-order valence-electron chi connectivity index (χ2n) is 4.51. The first-order valence-electron chi connectivity index (χ1n) is 6.33. The van der Waals surface area contributed by atoms with Gasteiger partial charge in [0.1, 0.15) is 5.56 Å². The summed E-state index contributed by atoms with van der Waals surface area (Å²) in [4.78, 5) is 30.1. The van der Waals surface area contributed by atoms with Crippen LogP contribution in [0, 0.1) is 0 Å². The van der Waals surface area contributed by atoms with Gasteiger partial charge in [-0.15, -0.1) is 0 Å². The van der Waals surface area contributed by atoms with Crippen molar-refractivity contribution < 1.29 is 5.11 Å². The van der Waals surface area contributed by atoms with E-state index in [9.17, 15) is 14.7 Å². The maximum atomic E-state index is 12.0. The molecule has 6 nitrogen and oxygen atoms in total. The van der Waals surface area contributed by atoms with Crippen molar-refractivity contribution in [2.45, 2.75) is 0 Å². The highest BCUT2D eigenvalue weighted by molar-refractivity contribution is 6.30. The predicted octanol–water partition coefficient (Wildman–Crippen LogP) is 1.87. The third kappa shape index (κ3) is 2.51. The third-order valence-electron chi connectivity index (χ3n) is 3.07. The average molecular weight is 316 g/mol. The molecule has 0 fully saturated rings. The largest absolute Gasteiger partial charge is 0.494 e. The number of H-pyrrole nitrogens is 1. The highest BCUT2D eigenvalue weighted by atomic mass is 35.5. The van der Waals surface area contributed by atoms with Gasteiger partial charge in [0.2, 0.25) is 5.88 Å². The smallest absolute Gasteiger partial charge is 0.335 e. The molecule has 0 aliphatic carbocycles. The Morgan fingerprint density at radius 1 is 1.23 bits per heavy atom. The minimum atomic E-state index is -0.738. The molecule has 2 N–H and O–H groups in total. The number of nitrogens with zero attached hydrogens (tertiary/aromatic N) is 2. The number of aromatic nitrogens is 2. The Kier molecular flexibility index (Phi) is 3.52. The number of nitrogens with one attached hydrogen (secondary N) is 1. The third-order valence-corrected chi connectivity index (χ3v) is 3.33. The van der Waals surface area contributed by atoms with E-state index in [1.165, 1.54) is 6.08 Å². The fraction of sp³-hybridized carbons (Fsp3) is 0. The molecule has 7 heteroatoms. The van der Waals surface area contributed by atoms with E-state index in [2.05, 4.69) is 9.98 Å². The number of halogens is 1. The van der Waals surface area contributed by atoms with Gasteiger partial charge in [-0.1, -0.05) is 11.6 Å². The van der Waals surface area contributed by atoms with Crippen LogP contribution in [-0.4, -0.2) is 20.9 Å². The Morgan fingerprint density at radius 3 is 2.59 bits per heavy atom. The van der Waals surface area contributed by atoms with Crippen LogP contribution < -0.4 is 11.2 Å². The van der Waals surface area contributed by atoms with Crippen molar-refractivity contribution in [2.75, 3.05) is 0 Å². The lowest BCUT2D eigenvalue weighted by Gasteiger charge is -2.09. The second kappa shape index (κ2) is 5.50. The molecule has 0 spiro atoms. The van der Waals surface area contributed by atoms with Crippen molar-refractivity contribution in [3.8, 4) is 11.6 Å². The van der Waals surface area contributed by atoms with Gasteiger partial charge in [-0.25, -0.2) is 9.36 Å². The molecule has 0 bridgehead atoms. The number of aromatic amines is 1. The fourth-order valence-electron chi connectivity index (χ4n) is 2.05. The van der Waals surface area contributed by atoms with Gasteiger partial charge in [0, 0.05) is 11.2 Å². The zero-order chi connectivity index (χ0) is 15.7. The molecule has 0 atom stereocenters. The summed E-state index contributed by atoms with van der Waals surface area (Å²) in [5.74, 6) is -0.459. The Morgan fingerprint density at radius 2 is 1.95 bits per heavy atom. The molecule has 1 aromatic carbocycles. The van der Waals surface area contributed by atoms with Crippen LogP contribution in [0.25, 0.3) is 11.8 Å². The highest BCUT2D eigenvalue weighted by Crippen LogP contribution is 2.21. The van der Waals surface area contributed by atoms with Crippen LogP contribution in [0.2, 0.25) is 5.02 Å². The van der Waals surface area contributed by atoms with Gasteiger partial charge in [-0.3, -0.25) is 14.8 Å². The number of aliphatic imine (C=N–C) groups is 1. The summed E-state index contributed by atoms with van der Waals surface area (Å²) >= 11 is 5.81. The molecule has 2 aromatic rings. The predicted molar refractivity (Wildman–Crippen MR) is 84.9 cm³/mol. The monoisotopic (exact) mass is 315 g/mol. The summed E-state index contributed by atoms with van der Waals surface area (Å²) in [6.07, 6.45) is 6.34. The molecule has 2 heterocycles. The lowest BCUT2D eigenvalue weighted by molar-refractivity contribution is 0.429. The number of rotatable bonds is 2. The van der Waals surface area contributed by atoms with Crippen molar-refractivity contribution in [1.82, 2.24) is 9.55 Å². The normalized spacial score (nSPS) is 14.9. The van der Waals surface area contributed by atoms with Gasteiger partial charge in [0.25, 0.3) is 5.56 Å². The van der Waals surface area contributed by atoms with Crippen LogP contribution in [0.1, 0.15) is 5.56 Å². The van der Waals surface area contributed by atoms with Crippen molar-refractivity contribution in [2.24, 2.45) is 4.99 Å². The Bertz CT molecular complexity index is 920. The van der Waals surface area contributed by atoms with Crippen molar-refractivity contribution >= 4 is 23.9 Å². The molecule has 22 heavy (non-hydrogen) atoms. The molecule has 0 saturated heterocycles. The summed E-state index contributed by atoms with van der Waals surface area (Å²) in [6.45, 7) is 0. The van der Waals surface area contributed by atoms with E-state index in [0.29, 0.717) is 16.4 Å². The molecule has 1 aliphatic rings. The molecule has 0 radical (unpaired) electrons. The molecule has 110 valence electrons. The molecule has 1 aliphatic heterocycles. The maximum Gasteiger partial charge on any atom is 0.335 e. The van der Waals surface area contributed by atoms with Crippen LogP contribution >= 0.6 is 11.6 Å². The minimum absolute atomic E-state index is 0.0479. The van der Waals surface area contributed by atoms with Crippen LogP contribution in [0.15, 0.2) is 56.7 Å². The first-order valence-corrected chi connectivity index (χ1v) is 6.71. The van der Waals surface area contributed by atoms with Gasteiger partial charge in [-0.2, -0.15) is 0 Å². The quantitative estimate of drug-likeness (QED) is 0.886. The summed E-state index contributed by atoms with van der Waals surface area (Å²) < 4.78 is 0.993. The van der Waals surface area contributed by atoms with E-state index >= 15 is 0 Å². The number of aromatic hydroxyl groups is 1. The molecular formula is C15H10ClN3O3. The topological polar surface area (TPSA) is 87.5 Å². The summed E-state index contributed by atoms with van der Waals surface area (Å²) in [6, 6.07) is 6.28. The van der Waals surface area contributed by atoms with Crippen molar-refractivity contribution in [1.29, 1.82) is 0 Å². The van der Waals surface area contributed by atoms with E-state index in [-0.39, 0.29) is 5.56 Å².